The fourth-order valence-corrected chi connectivity index (χ4v) is 1.95. The average Bonchev–Trinajstić information content (AvgIpc) is 2.32. The maximum Gasteiger partial charge on any atom is 0.122 e. The van der Waals surface area contributed by atoms with E-state index in [9.17, 15) is 0 Å². The van der Waals surface area contributed by atoms with Crippen LogP contribution in [0.25, 0.3) is 0 Å². The Morgan fingerprint density at radius 2 is 2.24 bits per heavy atom. The molecule has 0 aromatic heterocycles. The topological polar surface area (TPSA) is 35.2 Å². The van der Waals surface area contributed by atoms with Gasteiger partial charge in [0.2, 0.25) is 0 Å². The van der Waals surface area contributed by atoms with Gasteiger partial charge in [-0.05, 0) is 42.9 Å². The molecule has 0 aliphatic heterocycles. The van der Waals surface area contributed by atoms with Gasteiger partial charge in [-0.2, -0.15) is 11.8 Å². The van der Waals surface area contributed by atoms with E-state index < -0.39 is 0 Å². The van der Waals surface area contributed by atoms with Crippen LogP contribution in [-0.4, -0.2) is 24.7 Å². The molecule has 1 unspecified atom stereocenters. The zero-order valence-corrected chi connectivity index (χ0v) is 12.0. The van der Waals surface area contributed by atoms with Gasteiger partial charge in [0, 0.05) is 16.8 Å². The first kappa shape index (κ1) is 14.7. The molecule has 2 N–H and O–H groups in total. The first-order valence-corrected chi connectivity index (χ1v) is 7.60. The van der Waals surface area contributed by atoms with E-state index in [-0.39, 0.29) is 6.04 Å². The van der Waals surface area contributed by atoms with Gasteiger partial charge in [0.05, 0.1) is 6.61 Å². The van der Waals surface area contributed by atoms with Gasteiger partial charge in [0.1, 0.15) is 5.75 Å². The summed E-state index contributed by atoms with van der Waals surface area (Å²) >= 11 is 7.78. The van der Waals surface area contributed by atoms with Crippen molar-refractivity contribution in [2.75, 3.05) is 18.6 Å². The van der Waals surface area contributed by atoms with Crippen LogP contribution in [0.15, 0.2) is 18.2 Å². The molecular weight excluding hydrogens is 254 g/mol. The van der Waals surface area contributed by atoms with Crippen molar-refractivity contribution in [3.63, 3.8) is 0 Å². The molecule has 1 atom stereocenters. The summed E-state index contributed by atoms with van der Waals surface area (Å²) in [5.41, 5.74) is 7.08. The maximum atomic E-state index is 6.00. The van der Waals surface area contributed by atoms with Crippen molar-refractivity contribution in [1.29, 1.82) is 0 Å². The Kier molecular flexibility index (Phi) is 6.78. The molecule has 0 spiro atoms. The predicted molar refractivity (Wildman–Crippen MR) is 77.3 cm³/mol. The van der Waals surface area contributed by atoms with Crippen molar-refractivity contribution in [3.05, 3.63) is 28.8 Å². The Bertz CT molecular complexity index is 346. The van der Waals surface area contributed by atoms with Gasteiger partial charge in [-0.15, -0.1) is 0 Å². The summed E-state index contributed by atoms with van der Waals surface area (Å²) in [5.74, 6) is 1.90. The first-order valence-electron chi connectivity index (χ1n) is 5.83. The highest BCUT2D eigenvalue weighted by Gasteiger charge is 2.08. The smallest absolute Gasteiger partial charge is 0.122 e. The van der Waals surface area contributed by atoms with E-state index in [1.807, 2.05) is 18.2 Å². The van der Waals surface area contributed by atoms with Crippen molar-refractivity contribution in [2.24, 2.45) is 5.73 Å². The van der Waals surface area contributed by atoms with Gasteiger partial charge in [0.15, 0.2) is 0 Å². The maximum absolute atomic E-state index is 6.00. The number of hydrogen-bond donors (Lipinski definition) is 1. The Morgan fingerprint density at radius 1 is 1.47 bits per heavy atom. The van der Waals surface area contributed by atoms with Crippen LogP contribution in [0.1, 0.15) is 18.9 Å². The predicted octanol–water partition coefficient (Wildman–Crippen LogP) is 3.36. The van der Waals surface area contributed by atoms with Gasteiger partial charge in [-0.25, -0.2) is 0 Å². The van der Waals surface area contributed by atoms with E-state index in [1.54, 1.807) is 11.8 Å². The molecule has 2 nitrogen and oxygen atoms in total. The first-order chi connectivity index (χ1) is 8.17. The van der Waals surface area contributed by atoms with Crippen LogP contribution < -0.4 is 10.5 Å². The van der Waals surface area contributed by atoms with E-state index >= 15 is 0 Å². The Morgan fingerprint density at radius 3 is 2.88 bits per heavy atom. The summed E-state index contributed by atoms with van der Waals surface area (Å²) in [6.07, 6.45) is 3.83. The third-order valence-corrected chi connectivity index (χ3v) is 3.38. The number of benzene rings is 1. The fourth-order valence-electron chi connectivity index (χ4n) is 1.51. The summed E-state index contributed by atoms with van der Waals surface area (Å²) in [6.45, 7) is 2.81. The molecule has 1 aromatic rings. The molecule has 0 amide bonds. The van der Waals surface area contributed by atoms with E-state index in [4.69, 9.17) is 22.1 Å². The quantitative estimate of drug-likeness (QED) is 0.774. The highest BCUT2D eigenvalue weighted by atomic mass is 35.5. The number of rotatable bonds is 7. The molecule has 4 heteroatoms. The lowest BCUT2D eigenvalue weighted by molar-refractivity contribution is 0.339. The summed E-state index contributed by atoms with van der Waals surface area (Å²) in [7, 11) is 0. The van der Waals surface area contributed by atoms with Crippen LogP contribution in [0, 0.1) is 0 Å². The number of nitrogens with two attached hydrogens (primary N) is 1. The molecule has 0 aliphatic carbocycles. The molecule has 1 rings (SSSR count). The Hall–Kier alpha value is -0.380. The highest BCUT2D eigenvalue weighted by molar-refractivity contribution is 7.98. The molecule has 96 valence electrons. The van der Waals surface area contributed by atoms with Crippen LogP contribution in [0.2, 0.25) is 5.02 Å². The Labute approximate surface area is 113 Å². The van der Waals surface area contributed by atoms with E-state index in [0.29, 0.717) is 0 Å². The lowest BCUT2D eigenvalue weighted by Gasteiger charge is -2.14. The molecule has 0 heterocycles. The van der Waals surface area contributed by atoms with Crippen molar-refractivity contribution in [2.45, 2.75) is 25.8 Å². The number of hydrogen-bond acceptors (Lipinski definition) is 3. The van der Waals surface area contributed by atoms with E-state index in [0.717, 1.165) is 41.5 Å². The van der Waals surface area contributed by atoms with Crippen LogP contribution in [0.4, 0.5) is 0 Å². The largest absolute Gasteiger partial charge is 0.492 e. The van der Waals surface area contributed by atoms with Crippen LogP contribution in [0.5, 0.6) is 5.75 Å². The molecule has 0 radical (unpaired) electrons. The highest BCUT2D eigenvalue weighted by Crippen LogP contribution is 2.24. The summed E-state index contributed by atoms with van der Waals surface area (Å²) in [5, 5.41) is 0.737. The third kappa shape index (κ3) is 5.19. The summed E-state index contributed by atoms with van der Waals surface area (Å²) in [6, 6.07) is 5.90. The third-order valence-electron chi connectivity index (χ3n) is 2.57. The molecule has 0 saturated carbocycles. The average molecular weight is 274 g/mol. The number of thioether (sulfide) groups is 1. The van der Waals surface area contributed by atoms with E-state index in [1.165, 1.54) is 0 Å². The normalized spacial score (nSPS) is 12.5. The van der Waals surface area contributed by atoms with Crippen LogP contribution >= 0.6 is 23.4 Å². The standard InChI is InChI=1S/C13H20ClNOS/c1-3-12(15)9-10-8-11(14)4-5-13(10)16-6-7-17-2/h4-5,8,12H,3,6-7,9,15H2,1-2H3. The lowest BCUT2D eigenvalue weighted by Crippen LogP contribution is -2.21. The molecule has 0 saturated heterocycles. The zero-order chi connectivity index (χ0) is 12.7. The molecular formula is C13H20ClNOS. The van der Waals surface area contributed by atoms with Crippen molar-refractivity contribution < 1.29 is 4.74 Å². The number of halogens is 1. The molecule has 0 aliphatic rings. The van der Waals surface area contributed by atoms with Gasteiger partial charge in [0.25, 0.3) is 0 Å². The number of ether oxygens (including phenoxy) is 1. The fraction of sp³-hybridized carbons (Fsp3) is 0.538. The van der Waals surface area contributed by atoms with Gasteiger partial charge in [-0.1, -0.05) is 18.5 Å². The second-order valence-corrected chi connectivity index (χ2v) is 5.39. The molecule has 17 heavy (non-hydrogen) atoms. The monoisotopic (exact) mass is 273 g/mol. The zero-order valence-electron chi connectivity index (χ0n) is 10.4. The summed E-state index contributed by atoms with van der Waals surface area (Å²) in [4.78, 5) is 0. The molecule has 1 aromatic carbocycles. The minimum Gasteiger partial charge on any atom is -0.492 e. The molecule has 0 fully saturated rings. The van der Waals surface area contributed by atoms with Crippen LogP contribution in [-0.2, 0) is 6.42 Å². The van der Waals surface area contributed by atoms with Gasteiger partial charge in [-0.3, -0.25) is 0 Å². The van der Waals surface area contributed by atoms with Gasteiger partial charge < -0.3 is 10.5 Å². The van der Waals surface area contributed by atoms with Crippen molar-refractivity contribution in [1.82, 2.24) is 0 Å². The van der Waals surface area contributed by atoms with Crippen LogP contribution in [0.3, 0.4) is 0 Å². The Balaban J connectivity index is 2.72. The van der Waals surface area contributed by atoms with E-state index in [2.05, 4.69) is 13.2 Å². The van der Waals surface area contributed by atoms with Gasteiger partial charge >= 0.3 is 0 Å². The second kappa shape index (κ2) is 7.85. The van der Waals surface area contributed by atoms with Crippen molar-refractivity contribution >= 4 is 23.4 Å². The van der Waals surface area contributed by atoms with Crippen molar-refractivity contribution in [3.8, 4) is 5.75 Å². The second-order valence-electron chi connectivity index (χ2n) is 3.97. The summed E-state index contributed by atoms with van der Waals surface area (Å²) < 4.78 is 5.74. The minimum atomic E-state index is 0.163. The minimum absolute atomic E-state index is 0.163. The SMILES string of the molecule is CCC(N)Cc1cc(Cl)ccc1OCCSC. The molecule has 0 bridgehead atoms. The lowest BCUT2D eigenvalue weighted by atomic mass is 10.0.